The lowest BCUT2D eigenvalue weighted by Crippen LogP contribution is -2.48. The Morgan fingerprint density at radius 2 is 2.00 bits per heavy atom. The van der Waals surface area contributed by atoms with Gasteiger partial charge >= 0.3 is 5.97 Å². The van der Waals surface area contributed by atoms with Gasteiger partial charge in [0.05, 0.1) is 11.4 Å². The first-order valence-electron chi connectivity index (χ1n) is 8.32. The lowest BCUT2D eigenvalue weighted by atomic mass is 10.0. The molecule has 3 rings (SSSR count). The van der Waals surface area contributed by atoms with E-state index in [9.17, 15) is 9.59 Å². The molecular formula is C18H22N2O3S. The summed E-state index contributed by atoms with van der Waals surface area (Å²) in [5, 5.41) is 10.1. The van der Waals surface area contributed by atoms with Crippen molar-refractivity contribution >= 4 is 33.3 Å². The van der Waals surface area contributed by atoms with Crippen LogP contribution in [-0.2, 0) is 4.79 Å². The molecule has 24 heavy (non-hydrogen) atoms. The summed E-state index contributed by atoms with van der Waals surface area (Å²) in [5.74, 6) is -0.698. The maximum absolute atomic E-state index is 12.7. The Bertz CT molecular complexity index is 702. The van der Waals surface area contributed by atoms with Crippen LogP contribution in [0.15, 0.2) is 30.3 Å². The first-order valence-corrected chi connectivity index (χ1v) is 9.14. The fourth-order valence-corrected chi connectivity index (χ4v) is 4.38. The largest absolute Gasteiger partial charge is 0.480 e. The molecule has 1 aromatic carbocycles. The Morgan fingerprint density at radius 3 is 2.62 bits per heavy atom. The Morgan fingerprint density at radius 1 is 1.29 bits per heavy atom. The normalized spacial score (nSPS) is 16.0. The van der Waals surface area contributed by atoms with Crippen molar-refractivity contribution in [2.24, 2.45) is 0 Å². The van der Waals surface area contributed by atoms with Gasteiger partial charge in [0, 0.05) is 23.8 Å². The first-order chi connectivity index (χ1) is 11.6. The smallest absolute Gasteiger partial charge is 0.317 e. The quantitative estimate of drug-likeness (QED) is 0.904. The van der Waals surface area contributed by atoms with Crippen LogP contribution in [-0.4, -0.2) is 59.0 Å². The highest BCUT2D eigenvalue weighted by Gasteiger charge is 2.28. The zero-order valence-electron chi connectivity index (χ0n) is 13.8. The number of carbonyl (C=O) groups is 2. The minimum absolute atomic E-state index is 0.0748. The molecule has 5 nitrogen and oxygen atoms in total. The van der Waals surface area contributed by atoms with Crippen LogP contribution in [0.25, 0.3) is 10.1 Å². The van der Waals surface area contributed by atoms with Crippen LogP contribution in [0.3, 0.4) is 0 Å². The highest BCUT2D eigenvalue weighted by Crippen LogP contribution is 2.27. The van der Waals surface area contributed by atoms with Gasteiger partial charge < -0.3 is 10.0 Å². The summed E-state index contributed by atoms with van der Waals surface area (Å²) >= 11 is 1.54. The van der Waals surface area contributed by atoms with Gasteiger partial charge in [0.15, 0.2) is 0 Å². The molecular weight excluding hydrogens is 324 g/mol. The van der Waals surface area contributed by atoms with Crippen LogP contribution < -0.4 is 0 Å². The summed E-state index contributed by atoms with van der Waals surface area (Å²) in [5.41, 5.74) is 0. The zero-order valence-corrected chi connectivity index (χ0v) is 14.6. The molecule has 1 amide bonds. The summed E-state index contributed by atoms with van der Waals surface area (Å²) in [6.45, 7) is 4.16. The fraction of sp³-hybridized carbons (Fsp3) is 0.444. The molecule has 2 aromatic rings. The number of aliphatic carboxylic acids is 1. The van der Waals surface area contributed by atoms with Crippen molar-refractivity contribution in [3.63, 3.8) is 0 Å². The number of hydrogen-bond acceptors (Lipinski definition) is 4. The molecule has 1 aromatic heterocycles. The van der Waals surface area contributed by atoms with Crippen LogP contribution in [0.5, 0.6) is 0 Å². The highest BCUT2D eigenvalue weighted by atomic mass is 32.1. The fourth-order valence-electron chi connectivity index (χ4n) is 3.35. The third kappa shape index (κ3) is 3.60. The van der Waals surface area contributed by atoms with Crippen molar-refractivity contribution < 1.29 is 14.7 Å². The summed E-state index contributed by atoms with van der Waals surface area (Å²) < 4.78 is 1.13. The molecule has 0 saturated carbocycles. The van der Waals surface area contributed by atoms with Gasteiger partial charge in [-0.2, -0.15) is 0 Å². The SMILES string of the molecule is CCN(CC(=O)O)C1CCN(C(=O)c2cc3ccccc3s2)CC1. The summed E-state index contributed by atoms with van der Waals surface area (Å²) in [4.78, 5) is 28.3. The summed E-state index contributed by atoms with van der Waals surface area (Å²) in [6.07, 6.45) is 1.66. The van der Waals surface area contributed by atoms with Gasteiger partial charge in [-0.05, 0) is 36.9 Å². The predicted molar refractivity (Wildman–Crippen MR) is 95.6 cm³/mol. The van der Waals surface area contributed by atoms with E-state index in [0.717, 1.165) is 34.3 Å². The van der Waals surface area contributed by atoms with E-state index in [2.05, 4.69) is 0 Å². The number of carboxylic acids is 1. The van der Waals surface area contributed by atoms with Crippen LogP contribution in [0.4, 0.5) is 0 Å². The molecule has 2 heterocycles. The summed E-state index contributed by atoms with van der Waals surface area (Å²) in [7, 11) is 0. The number of piperidine rings is 1. The van der Waals surface area contributed by atoms with Gasteiger partial charge in [-0.1, -0.05) is 25.1 Å². The number of amides is 1. The summed E-state index contributed by atoms with van der Waals surface area (Å²) in [6, 6.07) is 10.2. The standard InChI is InChI=1S/C18H22N2O3S/c1-2-19(12-17(21)22)14-7-9-20(10-8-14)18(23)16-11-13-5-3-4-6-15(13)24-16/h3-6,11,14H,2,7-10,12H2,1H3,(H,21,22). The zero-order chi connectivity index (χ0) is 17.1. The molecule has 0 bridgehead atoms. The van der Waals surface area contributed by atoms with E-state index in [4.69, 9.17) is 5.11 Å². The maximum Gasteiger partial charge on any atom is 0.317 e. The molecule has 128 valence electrons. The topological polar surface area (TPSA) is 60.9 Å². The maximum atomic E-state index is 12.7. The van der Waals surface area contributed by atoms with Crippen molar-refractivity contribution in [1.82, 2.24) is 9.80 Å². The third-order valence-electron chi connectivity index (χ3n) is 4.65. The minimum atomic E-state index is -0.791. The molecule has 1 aliphatic rings. The van der Waals surface area contributed by atoms with E-state index < -0.39 is 5.97 Å². The number of likely N-dealkylation sites (tertiary alicyclic amines) is 1. The van der Waals surface area contributed by atoms with Gasteiger partial charge in [0.25, 0.3) is 5.91 Å². The first kappa shape index (κ1) is 16.9. The van der Waals surface area contributed by atoms with Crippen molar-refractivity contribution in [2.45, 2.75) is 25.8 Å². The van der Waals surface area contributed by atoms with E-state index >= 15 is 0 Å². The van der Waals surface area contributed by atoms with Crippen LogP contribution in [0, 0.1) is 0 Å². The van der Waals surface area contributed by atoms with Gasteiger partial charge in [-0.15, -0.1) is 11.3 Å². The van der Waals surface area contributed by atoms with E-state index in [-0.39, 0.29) is 18.5 Å². The molecule has 1 saturated heterocycles. The van der Waals surface area contributed by atoms with Gasteiger partial charge in [0.1, 0.15) is 0 Å². The van der Waals surface area contributed by atoms with E-state index in [1.165, 1.54) is 11.3 Å². The van der Waals surface area contributed by atoms with Crippen LogP contribution in [0.1, 0.15) is 29.4 Å². The lowest BCUT2D eigenvalue weighted by molar-refractivity contribution is -0.139. The van der Waals surface area contributed by atoms with Crippen molar-refractivity contribution in [2.75, 3.05) is 26.2 Å². The molecule has 0 atom stereocenters. The average molecular weight is 346 g/mol. The number of benzene rings is 1. The number of fused-ring (bicyclic) bond motifs is 1. The molecule has 0 spiro atoms. The third-order valence-corrected chi connectivity index (χ3v) is 5.75. The number of likely N-dealkylation sites (N-methyl/N-ethyl adjacent to an activating group) is 1. The van der Waals surface area contributed by atoms with E-state index in [1.807, 2.05) is 47.1 Å². The second kappa shape index (κ2) is 7.32. The van der Waals surface area contributed by atoms with E-state index in [0.29, 0.717) is 13.1 Å². The number of carbonyl (C=O) groups excluding carboxylic acids is 1. The molecule has 0 unspecified atom stereocenters. The van der Waals surface area contributed by atoms with Crippen LogP contribution in [0.2, 0.25) is 0 Å². The number of hydrogen-bond donors (Lipinski definition) is 1. The van der Waals surface area contributed by atoms with Crippen molar-refractivity contribution in [1.29, 1.82) is 0 Å². The second-order valence-electron chi connectivity index (χ2n) is 6.13. The van der Waals surface area contributed by atoms with Crippen LogP contribution >= 0.6 is 11.3 Å². The van der Waals surface area contributed by atoms with Crippen molar-refractivity contribution in [3.05, 3.63) is 35.2 Å². The molecule has 1 aliphatic heterocycles. The lowest BCUT2D eigenvalue weighted by Gasteiger charge is -2.37. The minimum Gasteiger partial charge on any atom is -0.480 e. The van der Waals surface area contributed by atoms with Crippen molar-refractivity contribution in [3.8, 4) is 0 Å². The monoisotopic (exact) mass is 346 g/mol. The average Bonchev–Trinajstić information content (AvgIpc) is 3.03. The number of carboxylic acid groups (broad SMARTS) is 1. The second-order valence-corrected chi connectivity index (χ2v) is 7.21. The van der Waals surface area contributed by atoms with E-state index in [1.54, 1.807) is 0 Å². The Balaban J connectivity index is 1.63. The van der Waals surface area contributed by atoms with Gasteiger partial charge in [-0.3, -0.25) is 14.5 Å². The number of rotatable bonds is 5. The molecule has 0 radical (unpaired) electrons. The predicted octanol–water partition coefficient (Wildman–Crippen LogP) is 2.91. The number of thiophene rings is 1. The Labute approximate surface area is 145 Å². The van der Waals surface area contributed by atoms with Gasteiger partial charge in [0.2, 0.25) is 0 Å². The molecule has 1 N–H and O–H groups in total. The molecule has 0 aliphatic carbocycles. The van der Waals surface area contributed by atoms with Gasteiger partial charge in [-0.25, -0.2) is 0 Å². The molecule has 1 fully saturated rings. The highest BCUT2D eigenvalue weighted by molar-refractivity contribution is 7.20. The molecule has 6 heteroatoms. The Kier molecular flexibility index (Phi) is 5.16. The number of nitrogens with zero attached hydrogens (tertiary/aromatic N) is 2. The Hall–Kier alpha value is -1.92.